The van der Waals surface area contributed by atoms with E-state index in [-0.39, 0.29) is 11.7 Å². The van der Waals surface area contributed by atoms with Crippen molar-refractivity contribution < 1.29 is 14.3 Å². The summed E-state index contributed by atoms with van der Waals surface area (Å²) in [5.74, 6) is -0.308. The Morgan fingerprint density at radius 3 is 3.24 bits per heavy atom. The van der Waals surface area contributed by atoms with Gasteiger partial charge in [-0.3, -0.25) is 4.79 Å². The molecule has 0 aromatic heterocycles. The predicted octanol–water partition coefficient (Wildman–Crippen LogP) is 2.01. The number of hydrogen-bond acceptors (Lipinski definition) is 3. The van der Waals surface area contributed by atoms with Crippen LogP contribution in [0.25, 0.3) is 0 Å². The molecule has 0 unspecified atom stereocenters. The highest BCUT2D eigenvalue weighted by Gasteiger charge is 2.49. The van der Waals surface area contributed by atoms with Gasteiger partial charge in [-0.2, -0.15) is 0 Å². The molecule has 3 atom stereocenters. The molecule has 2 aliphatic carbocycles. The average Bonchev–Trinajstić information content (AvgIpc) is 2.56. The van der Waals surface area contributed by atoms with Crippen LogP contribution in [0.4, 0.5) is 0 Å². The standard InChI is InChI=1S/C14H16O3/c1-16-14-8-7-12(15)11-6-2-4-10(13(11)14)5-3-9-17-14/h2,4,6-8,10,13H,3,5,9H2,1H3/t10-,13+,14-/m0/s1. The third kappa shape index (κ3) is 1.53. The summed E-state index contributed by atoms with van der Waals surface area (Å²) in [6.45, 7) is 0.681. The van der Waals surface area contributed by atoms with Gasteiger partial charge in [-0.25, -0.2) is 0 Å². The summed E-state index contributed by atoms with van der Waals surface area (Å²) in [7, 11) is 1.65. The third-order valence-corrected chi connectivity index (χ3v) is 3.91. The molecule has 1 aliphatic heterocycles. The van der Waals surface area contributed by atoms with Gasteiger partial charge in [0, 0.05) is 12.7 Å². The second-order valence-corrected chi connectivity index (χ2v) is 4.76. The van der Waals surface area contributed by atoms with Gasteiger partial charge in [-0.05, 0) is 30.9 Å². The van der Waals surface area contributed by atoms with E-state index in [4.69, 9.17) is 9.47 Å². The van der Waals surface area contributed by atoms with Crippen LogP contribution in [0.1, 0.15) is 12.8 Å². The fourth-order valence-corrected chi connectivity index (χ4v) is 3.10. The predicted molar refractivity (Wildman–Crippen MR) is 63.3 cm³/mol. The van der Waals surface area contributed by atoms with E-state index in [2.05, 4.69) is 6.08 Å². The normalized spacial score (nSPS) is 39.6. The fourth-order valence-electron chi connectivity index (χ4n) is 3.10. The van der Waals surface area contributed by atoms with Gasteiger partial charge in [0.2, 0.25) is 0 Å². The molecule has 1 fully saturated rings. The molecule has 90 valence electrons. The number of carbonyl (C=O) groups is 1. The molecule has 3 heteroatoms. The molecule has 0 bridgehead atoms. The van der Waals surface area contributed by atoms with Crippen molar-refractivity contribution in [2.45, 2.75) is 18.6 Å². The lowest BCUT2D eigenvalue weighted by atomic mass is 9.71. The summed E-state index contributed by atoms with van der Waals surface area (Å²) in [6, 6.07) is 0. The van der Waals surface area contributed by atoms with Crippen molar-refractivity contribution in [1.29, 1.82) is 0 Å². The van der Waals surface area contributed by atoms with E-state index in [1.54, 1.807) is 19.3 Å². The second-order valence-electron chi connectivity index (χ2n) is 4.76. The Morgan fingerprint density at radius 1 is 1.53 bits per heavy atom. The van der Waals surface area contributed by atoms with Crippen molar-refractivity contribution in [2.75, 3.05) is 13.7 Å². The first-order valence-corrected chi connectivity index (χ1v) is 6.08. The zero-order valence-corrected chi connectivity index (χ0v) is 9.89. The van der Waals surface area contributed by atoms with Gasteiger partial charge in [0.25, 0.3) is 0 Å². The molecule has 3 aliphatic rings. The van der Waals surface area contributed by atoms with Gasteiger partial charge in [0.1, 0.15) is 0 Å². The fraction of sp³-hybridized carbons (Fsp3) is 0.500. The van der Waals surface area contributed by atoms with Crippen molar-refractivity contribution in [3.63, 3.8) is 0 Å². The highest BCUT2D eigenvalue weighted by molar-refractivity contribution is 6.06. The van der Waals surface area contributed by atoms with E-state index in [1.165, 1.54) is 0 Å². The van der Waals surface area contributed by atoms with Crippen LogP contribution < -0.4 is 0 Å². The monoisotopic (exact) mass is 232 g/mol. The van der Waals surface area contributed by atoms with Crippen LogP contribution in [-0.4, -0.2) is 25.3 Å². The Morgan fingerprint density at radius 2 is 2.41 bits per heavy atom. The van der Waals surface area contributed by atoms with Crippen molar-refractivity contribution >= 4 is 5.78 Å². The smallest absolute Gasteiger partial charge is 0.195 e. The summed E-state index contributed by atoms with van der Waals surface area (Å²) in [5.41, 5.74) is 0.823. The topological polar surface area (TPSA) is 35.5 Å². The van der Waals surface area contributed by atoms with E-state index in [9.17, 15) is 4.79 Å². The molecular weight excluding hydrogens is 216 g/mol. The molecule has 1 saturated heterocycles. The van der Waals surface area contributed by atoms with Gasteiger partial charge in [0.15, 0.2) is 11.6 Å². The third-order valence-electron chi connectivity index (χ3n) is 3.91. The molecular formula is C14H16O3. The van der Waals surface area contributed by atoms with E-state index in [1.807, 2.05) is 12.2 Å². The molecule has 0 spiro atoms. The maximum absolute atomic E-state index is 11.9. The maximum Gasteiger partial charge on any atom is 0.195 e. The number of ether oxygens (including phenoxy) is 2. The molecule has 0 N–H and O–H groups in total. The summed E-state index contributed by atoms with van der Waals surface area (Å²) >= 11 is 0. The van der Waals surface area contributed by atoms with Crippen LogP contribution >= 0.6 is 0 Å². The van der Waals surface area contributed by atoms with Gasteiger partial charge >= 0.3 is 0 Å². The molecule has 1 heterocycles. The first-order valence-electron chi connectivity index (χ1n) is 6.08. The number of carbonyl (C=O) groups excluding carboxylic acids is 1. The lowest BCUT2D eigenvalue weighted by Gasteiger charge is -2.42. The van der Waals surface area contributed by atoms with Crippen LogP contribution in [0, 0.1) is 11.8 Å². The zero-order valence-electron chi connectivity index (χ0n) is 9.89. The van der Waals surface area contributed by atoms with Gasteiger partial charge in [-0.1, -0.05) is 18.2 Å². The Kier molecular flexibility index (Phi) is 2.53. The van der Waals surface area contributed by atoms with E-state index in [0.717, 1.165) is 18.4 Å². The molecule has 3 rings (SSSR count). The summed E-state index contributed by atoms with van der Waals surface area (Å²) in [6.07, 6.45) is 11.5. The highest BCUT2D eigenvalue weighted by atomic mass is 16.7. The Bertz CT molecular complexity index is 433. The Hall–Kier alpha value is -1.19. The molecule has 0 saturated carbocycles. The molecule has 0 amide bonds. The van der Waals surface area contributed by atoms with Crippen molar-refractivity contribution in [3.05, 3.63) is 36.0 Å². The van der Waals surface area contributed by atoms with Gasteiger partial charge in [0.05, 0.1) is 12.5 Å². The zero-order chi connectivity index (χ0) is 11.9. The molecule has 0 aromatic carbocycles. The molecule has 3 nitrogen and oxygen atoms in total. The summed E-state index contributed by atoms with van der Waals surface area (Å²) in [5, 5.41) is 0. The van der Waals surface area contributed by atoms with Crippen LogP contribution in [0.5, 0.6) is 0 Å². The lowest BCUT2D eigenvalue weighted by molar-refractivity contribution is -0.213. The minimum atomic E-state index is -0.744. The molecule has 17 heavy (non-hydrogen) atoms. The number of ketones is 1. The number of hydrogen-bond donors (Lipinski definition) is 0. The van der Waals surface area contributed by atoms with E-state index >= 15 is 0 Å². The van der Waals surface area contributed by atoms with Gasteiger partial charge in [-0.15, -0.1) is 0 Å². The average molecular weight is 232 g/mol. The minimum absolute atomic E-state index is 0.0116. The Labute approximate surface area is 101 Å². The number of allylic oxidation sites excluding steroid dienone is 4. The minimum Gasteiger partial charge on any atom is -0.349 e. The highest BCUT2D eigenvalue weighted by Crippen LogP contribution is 2.45. The van der Waals surface area contributed by atoms with Crippen molar-refractivity contribution in [1.82, 2.24) is 0 Å². The number of methoxy groups -OCH3 is 1. The largest absolute Gasteiger partial charge is 0.349 e. The van der Waals surface area contributed by atoms with E-state index in [0.29, 0.717) is 12.5 Å². The summed E-state index contributed by atoms with van der Waals surface area (Å²) < 4.78 is 11.5. The van der Waals surface area contributed by atoms with Crippen LogP contribution in [-0.2, 0) is 14.3 Å². The first-order chi connectivity index (χ1) is 8.27. The van der Waals surface area contributed by atoms with Gasteiger partial charge < -0.3 is 9.47 Å². The lowest BCUT2D eigenvalue weighted by Crippen LogP contribution is -2.48. The summed E-state index contributed by atoms with van der Waals surface area (Å²) in [4.78, 5) is 11.9. The maximum atomic E-state index is 11.9. The van der Waals surface area contributed by atoms with E-state index < -0.39 is 5.79 Å². The van der Waals surface area contributed by atoms with Crippen molar-refractivity contribution in [2.24, 2.45) is 11.8 Å². The van der Waals surface area contributed by atoms with Crippen LogP contribution in [0.15, 0.2) is 36.0 Å². The number of rotatable bonds is 1. The van der Waals surface area contributed by atoms with Crippen molar-refractivity contribution in [3.8, 4) is 0 Å². The SMILES string of the molecule is CO[C@@]12C=CC(=O)C3=CC=C[C@@H](CCCO1)[C@H]32. The quantitative estimate of drug-likeness (QED) is 0.693. The molecule has 0 radical (unpaired) electrons. The molecule has 0 aromatic rings. The Balaban J connectivity index is 2.13. The first kappa shape index (κ1) is 10.9. The van der Waals surface area contributed by atoms with Crippen LogP contribution in [0.2, 0.25) is 0 Å². The second kappa shape index (κ2) is 3.93. The van der Waals surface area contributed by atoms with Crippen LogP contribution in [0.3, 0.4) is 0 Å².